The number of pyridine rings is 1. The second-order valence-electron chi connectivity index (χ2n) is 2.55. The van der Waals surface area contributed by atoms with E-state index < -0.39 is 11.6 Å². The van der Waals surface area contributed by atoms with Crippen molar-refractivity contribution in [2.24, 2.45) is 0 Å². The molecule has 1 aromatic heterocycles. The highest BCUT2D eigenvalue weighted by atomic mass is 32.2. The summed E-state index contributed by atoms with van der Waals surface area (Å²) in [6.07, 6.45) is 0.954. The van der Waals surface area contributed by atoms with E-state index in [0.717, 1.165) is 24.0 Å². The Labute approximate surface area is 79.0 Å². The highest BCUT2D eigenvalue weighted by molar-refractivity contribution is 7.99. The van der Waals surface area contributed by atoms with Crippen LogP contribution in [-0.2, 0) is 0 Å². The van der Waals surface area contributed by atoms with Crippen molar-refractivity contribution in [2.75, 3.05) is 6.61 Å². The lowest BCUT2D eigenvalue weighted by Gasteiger charge is -2.06. The van der Waals surface area contributed by atoms with Gasteiger partial charge in [0.25, 0.3) is 0 Å². The van der Waals surface area contributed by atoms with Gasteiger partial charge in [0.05, 0.1) is 12.8 Å². The van der Waals surface area contributed by atoms with Crippen LogP contribution < -0.4 is 0 Å². The number of rotatable bonds is 3. The third-order valence-corrected chi connectivity index (χ3v) is 2.42. The molecule has 0 aliphatic rings. The number of thioether (sulfide) groups is 1. The number of hydrogen-bond acceptors (Lipinski definition) is 3. The molecular weight excluding hydrogens is 196 g/mol. The van der Waals surface area contributed by atoms with Gasteiger partial charge in [-0.05, 0) is 0 Å². The summed E-state index contributed by atoms with van der Waals surface area (Å²) in [7, 11) is 0. The van der Waals surface area contributed by atoms with E-state index >= 15 is 0 Å². The van der Waals surface area contributed by atoms with E-state index in [-0.39, 0.29) is 16.9 Å². The van der Waals surface area contributed by atoms with E-state index in [2.05, 4.69) is 4.98 Å². The number of halogens is 2. The zero-order valence-electron chi connectivity index (χ0n) is 7.00. The fourth-order valence-electron chi connectivity index (χ4n) is 0.717. The molecule has 0 fully saturated rings. The predicted molar refractivity (Wildman–Crippen MR) is 46.6 cm³/mol. The zero-order chi connectivity index (χ0) is 9.84. The molecule has 0 aromatic carbocycles. The van der Waals surface area contributed by atoms with Crippen molar-refractivity contribution in [1.29, 1.82) is 0 Å². The Morgan fingerprint density at radius 3 is 2.85 bits per heavy atom. The van der Waals surface area contributed by atoms with Crippen LogP contribution in [-0.4, -0.2) is 21.9 Å². The molecule has 1 N–H and O–H groups in total. The van der Waals surface area contributed by atoms with Crippen molar-refractivity contribution in [3.8, 4) is 0 Å². The first-order chi connectivity index (χ1) is 6.13. The molecule has 1 heterocycles. The van der Waals surface area contributed by atoms with Crippen LogP contribution in [0.1, 0.15) is 6.92 Å². The number of aromatic nitrogens is 1. The fraction of sp³-hybridized carbons (Fsp3) is 0.375. The van der Waals surface area contributed by atoms with Gasteiger partial charge in [0.2, 0.25) is 0 Å². The van der Waals surface area contributed by atoms with Crippen LogP contribution in [0.25, 0.3) is 0 Å². The second kappa shape index (κ2) is 4.53. The normalized spacial score (nSPS) is 12.9. The van der Waals surface area contributed by atoms with Crippen LogP contribution >= 0.6 is 11.8 Å². The van der Waals surface area contributed by atoms with E-state index in [1.165, 1.54) is 0 Å². The molecule has 5 heteroatoms. The molecule has 0 bridgehead atoms. The summed E-state index contributed by atoms with van der Waals surface area (Å²) in [5.74, 6) is -1.39. The van der Waals surface area contributed by atoms with Gasteiger partial charge in [-0.15, -0.1) is 0 Å². The van der Waals surface area contributed by atoms with Crippen molar-refractivity contribution >= 4 is 11.8 Å². The van der Waals surface area contributed by atoms with Gasteiger partial charge in [-0.1, -0.05) is 18.7 Å². The Bertz CT molecular complexity index is 295. The summed E-state index contributed by atoms with van der Waals surface area (Å²) in [6.45, 7) is 1.66. The van der Waals surface area contributed by atoms with Gasteiger partial charge in [0.15, 0.2) is 5.82 Å². The number of hydrogen-bond donors (Lipinski definition) is 1. The Kier molecular flexibility index (Phi) is 3.62. The number of aliphatic hydroxyl groups excluding tert-OH is 1. The van der Waals surface area contributed by atoms with Gasteiger partial charge >= 0.3 is 0 Å². The van der Waals surface area contributed by atoms with Gasteiger partial charge in [-0.3, -0.25) is 0 Å². The van der Waals surface area contributed by atoms with Crippen molar-refractivity contribution < 1.29 is 13.9 Å². The Morgan fingerprint density at radius 2 is 2.31 bits per heavy atom. The van der Waals surface area contributed by atoms with E-state index in [4.69, 9.17) is 5.11 Å². The summed E-state index contributed by atoms with van der Waals surface area (Å²) >= 11 is 1.08. The average molecular weight is 205 g/mol. The van der Waals surface area contributed by atoms with Crippen molar-refractivity contribution in [1.82, 2.24) is 4.98 Å². The molecule has 0 saturated carbocycles. The second-order valence-corrected chi connectivity index (χ2v) is 3.98. The molecule has 1 unspecified atom stereocenters. The summed E-state index contributed by atoms with van der Waals surface area (Å²) < 4.78 is 25.3. The Hall–Kier alpha value is -0.680. The third-order valence-electron chi connectivity index (χ3n) is 1.34. The van der Waals surface area contributed by atoms with Gasteiger partial charge in [-0.2, -0.15) is 0 Å². The van der Waals surface area contributed by atoms with E-state index in [1.807, 2.05) is 0 Å². The average Bonchev–Trinajstić information content (AvgIpc) is 2.09. The Balaban J connectivity index is 2.77. The van der Waals surface area contributed by atoms with Crippen LogP contribution in [0.15, 0.2) is 17.3 Å². The lowest BCUT2D eigenvalue weighted by Crippen LogP contribution is -2.03. The predicted octanol–water partition coefficient (Wildman–Crippen LogP) is 1.83. The summed E-state index contributed by atoms with van der Waals surface area (Å²) in [4.78, 5) is 3.57. The SMILES string of the molecule is CC(CO)Sc1ncc(F)cc1F. The molecule has 0 amide bonds. The molecule has 0 radical (unpaired) electrons. The Morgan fingerprint density at radius 1 is 1.62 bits per heavy atom. The molecule has 1 rings (SSSR count). The molecule has 0 aliphatic carbocycles. The quantitative estimate of drug-likeness (QED) is 0.764. The van der Waals surface area contributed by atoms with E-state index in [0.29, 0.717) is 0 Å². The molecule has 0 aliphatic heterocycles. The lowest BCUT2D eigenvalue weighted by molar-refractivity contribution is 0.300. The largest absolute Gasteiger partial charge is 0.395 e. The maximum Gasteiger partial charge on any atom is 0.158 e. The minimum absolute atomic E-state index is 0.0663. The van der Waals surface area contributed by atoms with Gasteiger partial charge in [0.1, 0.15) is 10.8 Å². The highest BCUT2D eigenvalue weighted by Gasteiger charge is 2.09. The van der Waals surface area contributed by atoms with Gasteiger partial charge in [-0.25, -0.2) is 13.8 Å². The number of nitrogens with zero attached hydrogens (tertiary/aromatic N) is 1. The van der Waals surface area contributed by atoms with Crippen molar-refractivity contribution in [2.45, 2.75) is 17.2 Å². The van der Waals surface area contributed by atoms with E-state index in [1.54, 1.807) is 6.92 Å². The summed E-state index contributed by atoms with van der Waals surface area (Å²) in [5.41, 5.74) is 0. The molecule has 0 saturated heterocycles. The topological polar surface area (TPSA) is 33.1 Å². The van der Waals surface area contributed by atoms with Crippen LogP contribution in [0.4, 0.5) is 8.78 Å². The van der Waals surface area contributed by atoms with Gasteiger partial charge in [0, 0.05) is 11.3 Å². The maximum atomic E-state index is 12.9. The first kappa shape index (κ1) is 10.4. The standard InChI is InChI=1S/C8H9F2NOS/c1-5(4-12)13-8-7(10)2-6(9)3-11-8/h2-3,5,12H,4H2,1H3. The van der Waals surface area contributed by atoms with Crippen molar-refractivity contribution in [3.63, 3.8) is 0 Å². The molecular formula is C8H9F2NOS. The monoisotopic (exact) mass is 205 g/mol. The smallest absolute Gasteiger partial charge is 0.158 e. The minimum atomic E-state index is -0.696. The molecule has 72 valence electrons. The first-order valence-electron chi connectivity index (χ1n) is 3.72. The molecule has 1 atom stereocenters. The number of aliphatic hydroxyl groups is 1. The zero-order valence-corrected chi connectivity index (χ0v) is 7.81. The fourth-order valence-corrected chi connectivity index (χ4v) is 1.46. The summed E-state index contributed by atoms with van der Waals surface area (Å²) in [6, 6.07) is 0.777. The third kappa shape index (κ3) is 2.93. The van der Waals surface area contributed by atoms with Crippen LogP contribution in [0, 0.1) is 11.6 Å². The summed E-state index contributed by atoms with van der Waals surface area (Å²) in [5, 5.41) is 8.66. The molecule has 1 aromatic rings. The van der Waals surface area contributed by atoms with E-state index in [9.17, 15) is 8.78 Å². The van der Waals surface area contributed by atoms with Crippen LogP contribution in [0.5, 0.6) is 0 Å². The van der Waals surface area contributed by atoms with Gasteiger partial charge < -0.3 is 5.11 Å². The molecule has 13 heavy (non-hydrogen) atoms. The maximum absolute atomic E-state index is 12.9. The molecule has 2 nitrogen and oxygen atoms in total. The van der Waals surface area contributed by atoms with Crippen LogP contribution in [0.3, 0.4) is 0 Å². The highest BCUT2D eigenvalue weighted by Crippen LogP contribution is 2.23. The minimum Gasteiger partial charge on any atom is -0.395 e. The molecule has 0 spiro atoms. The van der Waals surface area contributed by atoms with Crippen molar-refractivity contribution in [3.05, 3.63) is 23.9 Å². The van der Waals surface area contributed by atoms with Crippen LogP contribution in [0.2, 0.25) is 0 Å². The first-order valence-corrected chi connectivity index (χ1v) is 4.60. The lowest BCUT2D eigenvalue weighted by atomic mass is 10.5.